The number of carbonyl (C=O) groups is 1. The van der Waals surface area contributed by atoms with Crippen molar-refractivity contribution in [3.8, 4) is 0 Å². The van der Waals surface area contributed by atoms with E-state index in [2.05, 4.69) is 71.1 Å². The van der Waals surface area contributed by atoms with E-state index in [-0.39, 0.29) is 6.10 Å². The summed E-state index contributed by atoms with van der Waals surface area (Å²) in [6, 6.07) is 10.8. The van der Waals surface area contributed by atoms with Gasteiger partial charge in [0.2, 0.25) is 0 Å². The second kappa shape index (κ2) is 12.1. The number of aryl methyl sites for hydroxylation is 3. The number of nitrogens with one attached hydrogen (secondary N) is 1. The van der Waals surface area contributed by atoms with Crippen molar-refractivity contribution in [1.29, 1.82) is 0 Å². The molecule has 1 saturated heterocycles. The molecule has 8 heteroatoms. The Morgan fingerprint density at radius 3 is 2.68 bits per heavy atom. The summed E-state index contributed by atoms with van der Waals surface area (Å²) in [6.45, 7) is 16.2. The number of hydrogen-bond donors (Lipinski definition) is 1. The number of nitrogens with zero attached hydrogens (tertiary/aromatic N) is 4. The lowest BCUT2D eigenvalue weighted by Gasteiger charge is -2.32. The number of rotatable bonds is 8. The lowest BCUT2D eigenvalue weighted by molar-refractivity contribution is -0.0248. The van der Waals surface area contributed by atoms with Gasteiger partial charge in [-0.25, -0.2) is 14.8 Å². The lowest BCUT2D eigenvalue weighted by atomic mass is 10.1. The van der Waals surface area contributed by atoms with Crippen LogP contribution < -0.4 is 5.32 Å². The summed E-state index contributed by atoms with van der Waals surface area (Å²) in [4.78, 5) is 23.9. The second-order valence-electron chi connectivity index (χ2n) is 11.0. The molecule has 1 aliphatic heterocycles. The van der Waals surface area contributed by atoms with Crippen molar-refractivity contribution in [2.24, 2.45) is 0 Å². The topological polar surface area (TPSA) is 81.5 Å². The van der Waals surface area contributed by atoms with E-state index in [1.165, 1.54) is 16.7 Å². The molecular weight excluding hydrogens is 478 g/mol. The molecule has 3 heterocycles. The van der Waals surface area contributed by atoms with Crippen LogP contribution >= 0.6 is 0 Å². The predicted octanol–water partition coefficient (Wildman–Crippen LogP) is 4.90. The van der Waals surface area contributed by atoms with Crippen molar-refractivity contribution in [2.75, 3.05) is 32.8 Å². The molecule has 0 aliphatic carbocycles. The van der Waals surface area contributed by atoms with Crippen molar-refractivity contribution in [1.82, 2.24) is 24.8 Å². The van der Waals surface area contributed by atoms with Crippen LogP contribution in [0.2, 0.25) is 0 Å². The zero-order chi connectivity index (χ0) is 27.3. The summed E-state index contributed by atoms with van der Waals surface area (Å²) < 4.78 is 13.4. The minimum absolute atomic E-state index is 0.0433. The number of imidazole rings is 1. The molecule has 1 atom stereocenters. The number of aromatic nitrogens is 3. The SMILES string of the molecule is CCc1nc2c(C)cc(C)nc2n1Cc1ccc(/C=C/CN2CCOC(CNC(=O)OC(C)(C)C)C2)cc1. The van der Waals surface area contributed by atoms with Gasteiger partial charge in [0.25, 0.3) is 0 Å². The van der Waals surface area contributed by atoms with Gasteiger partial charge < -0.3 is 19.4 Å². The molecule has 0 saturated carbocycles. The van der Waals surface area contributed by atoms with Crippen LogP contribution in [0.3, 0.4) is 0 Å². The molecule has 38 heavy (non-hydrogen) atoms. The molecule has 1 fully saturated rings. The summed E-state index contributed by atoms with van der Waals surface area (Å²) in [5, 5.41) is 2.81. The minimum Gasteiger partial charge on any atom is -0.444 e. The average Bonchev–Trinajstić information content (AvgIpc) is 3.20. The Balaban J connectivity index is 1.31. The van der Waals surface area contributed by atoms with E-state index in [0.29, 0.717) is 13.2 Å². The Hall–Kier alpha value is -3.23. The van der Waals surface area contributed by atoms with Crippen LogP contribution in [0.15, 0.2) is 36.4 Å². The highest BCUT2D eigenvalue weighted by molar-refractivity contribution is 5.76. The van der Waals surface area contributed by atoms with E-state index < -0.39 is 11.7 Å². The fourth-order valence-electron chi connectivity index (χ4n) is 4.72. The van der Waals surface area contributed by atoms with E-state index in [0.717, 1.165) is 55.3 Å². The first kappa shape index (κ1) is 27.8. The third-order valence-corrected chi connectivity index (χ3v) is 6.51. The standard InChI is InChI=1S/C30H41N5O3/c1-7-26-33-27-21(2)17-22(3)32-28(27)35(26)19-24-12-10-23(11-13-24)9-8-14-34-15-16-37-25(20-34)18-31-29(36)38-30(4,5)6/h8-13,17,25H,7,14-16,18-20H2,1-6H3,(H,31,36)/b9-8+. The van der Waals surface area contributed by atoms with E-state index in [4.69, 9.17) is 19.4 Å². The molecule has 1 aromatic carbocycles. The largest absolute Gasteiger partial charge is 0.444 e. The highest BCUT2D eigenvalue weighted by atomic mass is 16.6. The monoisotopic (exact) mass is 519 g/mol. The Morgan fingerprint density at radius 2 is 1.97 bits per heavy atom. The summed E-state index contributed by atoms with van der Waals surface area (Å²) in [5.74, 6) is 1.07. The molecule has 1 aliphatic rings. The molecular formula is C30H41N5O3. The van der Waals surface area contributed by atoms with Gasteiger partial charge in [0.05, 0.1) is 19.3 Å². The van der Waals surface area contributed by atoms with Crippen LogP contribution in [-0.2, 0) is 22.4 Å². The van der Waals surface area contributed by atoms with Crippen LogP contribution in [0.1, 0.15) is 55.9 Å². The summed E-state index contributed by atoms with van der Waals surface area (Å²) in [7, 11) is 0. The molecule has 0 bridgehead atoms. The molecule has 204 valence electrons. The molecule has 8 nitrogen and oxygen atoms in total. The highest BCUT2D eigenvalue weighted by Gasteiger charge is 2.22. The van der Waals surface area contributed by atoms with Gasteiger partial charge in [-0.15, -0.1) is 0 Å². The van der Waals surface area contributed by atoms with E-state index in [1.807, 2.05) is 27.7 Å². The molecule has 1 unspecified atom stereocenters. The third-order valence-electron chi connectivity index (χ3n) is 6.51. The molecule has 2 aromatic heterocycles. The number of carbonyl (C=O) groups excluding carboxylic acids is 1. The quantitative estimate of drug-likeness (QED) is 0.456. The fraction of sp³-hybridized carbons (Fsp3) is 0.500. The third kappa shape index (κ3) is 7.42. The number of alkyl carbamates (subject to hydrolysis) is 1. The van der Waals surface area contributed by atoms with Crippen LogP contribution in [0.4, 0.5) is 4.79 Å². The van der Waals surface area contributed by atoms with Gasteiger partial charge in [0, 0.05) is 38.3 Å². The van der Waals surface area contributed by atoms with Gasteiger partial charge in [-0.3, -0.25) is 4.90 Å². The number of fused-ring (bicyclic) bond motifs is 1. The Bertz CT molecular complexity index is 1270. The van der Waals surface area contributed by atoms with Crippen molar-refractivity contribution >= 4 is 23.3 Å². The van der Waals surface area contributed by atoms with Crippen LogP contribution in [0.5, 0.6) is 0 Å². The normalized spacial score (nSPS) is 16.8. The van der Waals surface area contributed by atoms with E-state index in [1.54, 1.807) is 0 Å². The van der Waals surface area contributed by atoms with Crippen molar-refractivity contribution in [2.45, 2.75) is 66.2 Å². The zero-order valence-corrected chi connectivity index (χ0v) is 23.6. The van der Waals surface area contributed by atoms with Gasteiger partial charge in [0.15, 0.2) is 5.65 Å². The molecule has 0 spiro atoms. The van der Waals surface area contributed by atoms with Crippen LogP contribution in [0, 0.1) is 13.8 Å². The number of ether oxygens (including phenoxy) is 2. The Labute approximate surface area is 226 Å². The summed E-state index contributed by atoms with van der Waals surface area (Å²) in [5.41, 5.74) is 6.05. The minimum atomic E-state index is -0.506. The van der Waals surface area contributed by atoms with Crippen LogP contribution in [0.25, 0.3) is 17.2 Å². The maximum atomic E-state index is 11.9. The highest BCUT2D eigenvalue weighted by Crippen LogP contribution is 2.21. The first-order valence-corrected chi connectivity index (χ1v) is 13.5. The van der Waals surface area contributed by atoms with Crippen molar-refractivity contribution in [3.63, 3.8) is 0 Å². The number of hydrogen-bond acceptors (Lipinski definition) is 6. The maximum absolute atomic E-state index is 11.9. The molecule has 3 aromatic rings. The number of amides is 1. The number of morpholine rings is 1. The van der Waals surface area contributed by atoms with E-state index in [9.17, 15) is 4.79 Å². The van der Waals surface area contributed by atoms with Crippen LogP contribution in [-0.4, -0.2) is 70.0 Å². The number of benzene rings is 1. The van der Waals surface area contributed by atoms with Gasteiger partial charge >= 0.3 is 6.09 Å². The lowest BCUT2D eigenvalue weighted by Crippen LogP contribution is -2.48. The number of pyridine rings is 1. The molecule has 4 rings (SSSR count). The van der Waals surface area contributed by atoms with Gasteiger partial charge in [-0.1, -0.05) is 43.3 Å². The first-order valence-electron chi connectivity index (χ1n) is 13.5. The Kier molecular flexibility index (Phi) is 8.84. The second-order valence-corrected chi connectivity index (χ2v) is 11.0. The Morgan fingerprint density at radius 1 is 1.21 bits per heavy atom. The maximum Gasteiger partial charge on any atom is 0.407 e. The van der Waals surface area contributed by atoms with Gasteiger partial charge in [0.1, 0.15) is 16.9 Å². The predicted molar refractivity (Wildman–Crippen MR) is 151 cm³/mol. The molecule has 0 radical (unpaired) electrons. The average molecular weight is 520 g/mol. The first-order chi connectivity index (χ1) is 18.1. The molecule has 1 amide bonds. The van der Waals surface area contributed by atoms with Gasteiger partial charge in [-0.2, -0.15) is 0 Å². The van der Waals surface area contributed by atoms with Crippen molar-refractivity contribution in [3.05, 3.63) is 64.6 Å². The fourth-order valence-corrected chi connectivity index (χ4v) is 4.72. The van der Waals surface area contributed by atoms with E-state index >= 15 is 0 Å². The summed E-state index contributed by atoms with van der Waals surface area (Å²) >= 11 is 0. The summed E-state index contributed by atoms with van der Waals surface area (Å²) in [6.07, 6.45) is 4.77. The van der Waals surface area contributed by atoms with Crippen molar-refractivity contribution < 1.29 is 14.3 Å². The smallest absolute Gasteiger partial charge is 0.407 e. The molecule has 1 N–H and O–H groups in total. The zero-order valence-electron chi connectivity index (χ0n) is 23.6. The van der Waals surface area contributed by atoms with Gasteiger partial charge in [-0.05, 0) is 57.4 Å².